The molecular formula is C83H103Cl2N9O25S2. The fourth-order valence-corrected chi connectivity index (χ4v) is 16.4. The number of benzene rings is 5. The number of likely N-dealkylation sites (N-methyl/N-ethyl adjacent to an activating group) is 2. The predicted molar refractivity (Wildman–Crippen MR) is 449 cm³/mol. The number of rotatable bonds is 46. The van der Waals surface area contributed by atoms with E-state index in [2.05, 4.69) is 16.0 Å². The molecule has 121 heavy (non-hydrogen) atoms. The highest BCUT2D eigenvalue weighted by Crippen LogP contribution is 2.49. The van der Waals surface area contributed by atoms with Crippen LogP contribution in [0.3, 0.4) is 0 Å². The standard InChI is InChI=1S/C83H103Cl2N9O25S2/c1-48(2)70(89-66(96)22-27-110-29-31-112-33-35-114-37-38-115-36-34-113-32-30-111-28-26-92-67(97)42-65(120-5)78(92)104)60(95)39-50(11-10-23-87-81(86)107)75(101)88-53-18-16-49(17-19-53)47-116-82(108)90(3)24-25-91(4)83(109)118-62-41-59-69(57-15-9-7-13-55(57)62)52(44-85)46-94(59)77(103)64-21-20-63(121-64)76(102)93-45-51(43-84)68-56-14-8-6-12-54(56)61(40-58(68)93)117-80-73(100)71(98)72(99)74(119-80)79(105)106/h6-9,12-21,40-41,48,50-52,65,70-74,80,98-100H,10-11,22-39,42-47H2,1-5H3,(H,88,101)(H,89,96)(H,105,106)(H3,86,87,107)/t50?,51?,52?,65?,70?,71-,72-,73?,74?,80+/m0/s1. The monoisotopic (exact) mass is 1760 g/mol. The highest BCUT2D eigenvalue weighted by molar-refractivity contribution is 8.00. The largest absolute Gasteiger partial charge is 0.479 e. The van der Waals surface area contributed by atoms with Gasteiger partial charge in [0, 0.05) is 124 Å². The number of fused-ring (bicyclic) bond motifs is 6. The van der Waals surface area contributed by atoms with E-state index in [9.17, 15) is 73.2 Å². The first-order valence-corrected chi connectivity index (χ1v) is 42.8. The van der Waals surface area contributed by atoms with Gasteiger partial charge in [-0.15, -0.1) is 34.5 Å². The summed E-state index contributed by atoms with van der Waals surface area (Å²) in [7, 11) is 2.99. The number of imide groups is 1. The minimum absolute atomic E-state index is 0.00249. The molecule has 4 aliphatic heterocycles. The highest BCUT2D eigenvalue weighted by Gasteiger charge is 2.49. The number of anilines is 3. The molecule has 0 radical (unpaired) electrons. The number of aliphatic carboxylic acids is 1. The third-order valence-corrected chi connectivity index (χ3v) is 23.6. The zero-order valence-corrected chi connectivity index (χ0v) is 70.9. The van der Waals surface area contributed by atoms with E-state index in [1.165, 1.54) is 56.4 Å². The van der Waals surface area contributed by atoms with E-state index in [1.807, 2.05) is 18.4 Å². The smallest absolute Gasteiger partial charge is 0.415 e. The predicted octanol–water partition coefficient (Wildman–Crippen LogP) is 7.07. The fraction of sp³-hybridized carbons (Fsp3) is 0.506. The fourth-order valence-electron chi connectivity index (χ4n) is 14.3. The van der Waals surface area contributed by atoms with Crippen molar-refractivity contribution in [2.24, 2.45) is 17.6 Å². The maximum atomic E-state index is 14.9. The van der Waals surface area contributed by atoms with Crippen LogP contribution in [0.25, 0.3) is 21.5 Å². The number of aliphatic hydroxyl groups excluding tert-OH is 3. The van der Waals surface area contributed by atoms with Crippen LogP contribution in [0.5, 0.6) is 11.5 Å². The summed E-state index contributed by atoms with van der Waals surface area (Å²) in [4.78, 5) is 153. The number of thioether (sulfide) groups is 1. The van der Waals surface area contributed by atoms with Crippen molar-refractivity contribution in [2.45, 2.75) is 106 Å². The average Bonchev–Trinajstić information content (AvgIpc) is 1.62. The maximum Gasteiger partial charge on any atom is 0.415 e. The van der Waals surface area contributed by atoms with Crippen LogP contribution in [0.4, 0.5) is 31.4 Å². The topological polar surface area (TPSA) is 439 Å². The minimum Gasteiger partial charge on any atom is -0.479 e. The number of ether oxygens (including phenoxy) is 10. The Labute approximate surface area is 717 Å². The van der Waals surface area contributed by atoms with Gasteiger partial charge >= 0.3 is 24.2 Å². The number of carbonyl (C=O) groups excluding carboxylic acids is 10. The van der Waals surface area contributed by atoms with Crippen LogP contribution in [0.1, 0.15) is 93.8 Å². The Morgan fingerprint density at radius 3 is 1.69 bits per heavy atom. The number of Topliss-reactive ketones (excluding diaryl/α,β-unsaturated/α-hetero) is 1. The molecule has 4 aliphatic rings. The molecule has 2 fully saturated rings. The Balaban J connectivity index is 0.647. The van der Waals surface area contributed by atoms with Crippen LogP contribution in [0, 0.1) is 11.8 Å². The summed E-state index contributed by atoms with van der Waals surface area (Å²) < 4.78 is 56.5. The average molecular weight is 1760 g/mol. The van der Waals surface area contributed by atoms with Crippen molar-refractivity contribution in [3.63, 3.8) is 0 Å². The van der Waals surface area contributed by atoms with Crippen molar-refractivity contribution < 1.29 is 121 Å². The molecule has 0 aliphatic carbocycles. The Bertz CT molecular complexity index is 4620. The van der Waals surface area contributed by atoms with E-state index in [1.54, 1.807) is 92.7 Å². The Morgan fingerprint density at radius 1 is 0.661 bits per heavy atom. The molecule has 5 heterocycles. The number of nitrogens with one attached hydrogen (secondary N) is 3. The Morgan fingerprint density at radius 2 is 1.17 bits per heavy atom. The number of nitrogens with zero attached hydrogens (tertiary/aromatic N) is 5. The summed E-state index contributed by atoms with van der Waals surface area (Å²) in [5.41, 5.74) is 8.50. The van der Waals surface area contributed by atoms with Gasteiger partial charge in [-0.2, -0.15) is 11.8 Å². The lowest BCUT2D eigenvalue weighted by Gasteiger charge is -2.38. The van der Waals surface area contributed by atoms with Gasteiger partial charge < -0.3 is 109 Å². The molecule has 0 bridgehead atoms. The van der Waals surface area contributed by atoms with Crippen LogP contribution < -0.4 is 41.0 Å². The number of hydrogen-bond donors (Lipinski definition) is 8. The van der Waals surface area contributed by atoms with Crippen molar-refractivity contribution in [3.05, 3.63) is 124 Å². The van der Waals surface area contributed by atoms with Gasteiger partial charge in [0.05, 0.1) is 118 Å². The van der Waals surface area contributed by atoms with Crippen LogP contribution in [0.15, 0.2) is 97.1 Å². The van der Waals surface area contributed by atoms with E-state index in [0.717, 1.165) is 16.9 Å². The van der Waals surface area contributed by atoms with Gasteiger partial charge in [-0.1, -0.05) is 74.5 Å². The summed E-state index contributed by atoms with van der Waals surface area (Å²) in [5, 5.41) is 51.8. The lowest BCUT2D eigenvalue weighted by molar-refractivity contribution is -0.270. The molecule has 2 saturated heterocycles. The second-order valence-electron chi connectivity index (χ2n) is 29.5. The molecule has 9 N–H and O–H groups in total. The number of amides is 10. The Kier molecular flexibility index (Phi) is 35.4. The van der Waals surface area contributed by atoms with E-state index < -0.39 is 90.5 Å². The Hall–Kier alpha value is -9.38. The lowest BCUT2D eigenvalue weighted by Crippen LogP contribution is -2.61. The molecule has 10 amide bonds. The van der Waals surface area contributed by atoms with Crippen molar-refractivity contribution in [1.29, 1.82) is 0 Å². The van der Waals surface area contributed by atoms with Crippen molar-refractivity contribution in [3.8, 4) is 11.5 Å². The maximum absolute atomic E-state index is 14.9. The van der Waals surface area contributed by atoms with Crippen LogP contribution >= 0.6 is 46.3 Å². The van der Waals surface area contributed by atoms with Crippen molar-refractivity contribution in [2.75, 3.05) is 166 Å². The van der Waals surface area contributed by atoms with Gasteiger partial charge in [0.25, 0.3) is 11.8 Å². The number of carboxylic acid groups (broad SMARTS) is 1. The van der Waals surface area contributed by atoms with Gasteiger partial charge in [-0.25, -0.2) is 19.2 Å². The number of alkyl halides is 2. The second-order valence-corrected chi connectivity index (χ2v) is 32.3. The number of hydrogen-bond acceptors (Lipinski definition) is 26. The number of thiophene rings is 1. The first-order valence-electron chi connectivity index (χ1n) is 39.7. The number of likely N-dealkylation sites (tertiary alicyclic amines) is 1. The van der Waals surface area contributed by atoms with Gasteiger partial charge in [0.15, 0.2) is 11.9 Å². The molecule has 1 aromatic heterocycles. The summed E-state index contributed by atoms with van der Waals surface area (Å²) in [6.45, 7) is 7.57. The summed E-state index contributed by atoms with van der Waals surface area (Å²) >= 11 is 15.6. The number of aliphatic hydroxyl groups is 3. The molecule has 656 valence electrons. The normalized spacial score (nSPS) is 19.2. The molecule has 34 nitrogen and oxygen atoms in total. The van der Waals surface area contributed by atoms with E-state index in [4.69, 9.17) is 76.3 Å². The number of primary amides is 1. The van der Waals surface area contributed by atoms with E-state index in [-0.39, 0.29) is 172 Å². The number of halogens is 2. The number of nitrogens with two attached hydrogens (primary N) is 1. The van der Waals surface area contributed by atoms with Crippen LogP contribution in [0.2, 0.25) is 0 Å². The number of carboxylic acids is 1. The number of urea groups is 1. The molecule has 7 unspecified atom stereocenters. The van der Waals surface area contributed by atoms with Gasteiger partial charge in [0.1, 0.15) is 36.4 Å². The zero-order chi connectivity index (χ0) is 87.0. The molecule has 10 atom stereocenters. The second kappa shape index (κ2) is 45.7. The first kappa shape index (κ1) is 93.9. The molecule has 5 aromatic carbocycles. The third-order valence-electron chi connectivity index (χ3n) is 20.8. The van der Waals surface area contributed by atoms with Gasteiger partial charge in [0.2, 0.25) is 29.9 Å². The summed E-state index contributed by atoms with van der Waals surface area (Å²) in [6, 6.07) is 25.3. The van der Waals surface area contributed by atoms with E-state index in [0.29, 0.717) is 109 Å². The highest BCUT2D eigenvalue weighted by atomic mass is 35.5. The van der Waals surface area contributed by atoms with Crippen molar-refractivity contribution >= 4 is 150 Å². The third kappa shape index (κ3) is 24.8. The SMILES string of the molecule is CSC1CC(=O)N(CCOCCOCCOCCOCCOCCOCCC(=O)NC(C(=O)CC(CCCNC(N)=O)C(=O)Nc2ccc(COC(=O)N(C)CCN(C)C(=O)Oc3cc4c(c5ccccc35)C(CCl)CN4C(=O)c3ccc(C(=O)N4CC(CCl)c5c4cc(O[C@@H]4OC(C(=O)O)[C@@H](O)[C@H](O)C4O)c4ccccc54)s3)cc2)C(C)C)C1=O. The van der Waals surface area contributed by atoms with E-state index >= 15 is 0 Å². The molecule has 0 spiro atoms. The molecule has 10 rings (SSSR count). The summed E-state index contributed by atoms with van der Waals surface area (Å²) in [5.74, 6) is -5.66. The van der Waals surface area contributed by atoms with Crippen LogP contribution in [-0.2, 0) is 73.3 Å². The molecule has 38 heteroatoms. The molecule has 0 saturated carbocycles. The van der Waals surface area contributed by atoms with Gasteiger partial charge in [-0.05, 0) is 76.7 Å². The van der Waals surface area contributed by atoms with Gasteiger partial charge in [-0.3, -0.25) is 38.5 Å². The first-order chi connectivity index (χ1) is 58.2. The zero-order valence-electron chi connectivity index (χ0n) is 67.7. The number of ketones is 1. The minimum atomic E-state index is -1.96. The quantitative estimate of drug-likeness (QED) is 0.0107. The van der Waals surface area contributed by atoms with Crippen LogP contribution in [-0.4, -0.2) is 293 Å². The number of carbonyl (C=O) groups is 11. The molecular weight excluding hydrogens is 1660 g/mol. The lowest BCUT2D eigenvalue weighted by atomic mass is 9.89. The summed E-state index contributed by atoms with van der Waals surface area (Å²) in [6.07, 6.45) is -8.68. The molecule has 6 aromatic rings. The van der Waals surface area contributed by atoms with Crippen molar-refractivity contribution in [1.82, 2.24) is 25.3 Å².